The minimum atomic E-state index is -0.898. The van der Waals surface area contributed by atoms with Crippen LogP contribution in [0.1, 0.15) is 25.3 Å². The number of benzene rings is 1. The normalized spacial score (nSPS) is 17.9. The van der Waals surface area contributed by atoms with Crippen molar-refractivity contribution in [2.75, 3.05) is 7.05 Å². The van der Waals surface area contributed by atoms with Crippen LogP contribution in [0.25, 0.3) is 0 Å². The standard InChI is InChI=1S/C14H18F2N2O/c1-14(17,10-4-5-10)13(19)18(2)8-9-3-6-11(15)7-12(9)16/h3,6-7,10H,4-5,8,17H2,1-2H3. The van der Waals surface area contributed by atoms with Crippen LogP contribution in [-0.2, 0) is 11.3 Å². The van der Waals surface area contributed by atoms with E-state index in [1.54, 1.807) is 14.0 Å². The van der Waals surface area contributed by atoms with E-state index < -0.39 is 17.2 Å². The van der Waals surface area contributed by atoms with E-state index in [0.29, 0.717) is 0 Å². The van der Waals surface area contributed by atoms with E-state index >= 15 is 0 Å². The molecule has 1 fully saturated rings. The third-order valence-corrected chi connectivity index (χ3v) is 3.66. The van der Waals surface area contributed by atoms with E-state index in [0.717, 1.165) is 18.9 Å². The smallest absolute Gasteiger partial charge is 0.242 e. The van der Waals surface area contributed by atoms with Gasteiger partial charge in [-0.15, -0.1) is 0 Å². The molecule has 2 rings (SSSR count). The van der Waals surface area contributed by atoms with Crippen molar-refractivity contribution in [3.63, 3.8) is 0 Å². The molecule has 1 atom stereocenters. The zero-order valence-corrected chi connectivity index (χ0v) is 11.1. The van der Waals surface area contributed by atoms with Gasteiger partial charge in [0.05, 0.1) is 5.54 Å². The van der Waals surface area contributed by atoms with Crippen molar-refractivity contribution in [2.24, 2.45) is 11.7 Å². The number of nitrogens with zero attached hydrogens (tertiary/aromatic N) is 1. The summed E-state index contributed by atoms with van der Waals surface area (Å²) in [7, 11) is 1.58. The van der Waals surface area contributed by atoms with Crippen LogP contribution < -0.4 is 5.73 Å². The maximum Gasteiger partial charge on any atom is 0.242 e. The third kappa shape index (κ3) is 2.92. The van der Waals surface area contributed by atoms with Gasteiger partial charge in [0.2, 0.25) is 5.91 Å². The highest BCUT2D eigenvalue weighted by molar-refractivity contribution is 5.86. The van der Waals surface area contributed by atoms with E-state index in [4.69, 9.17) is 5.73 Å². The van der Waals surface area contributed by atoms with Crippen molar-refractivity contribution >= 4 is 5.91 Å². The van der Waals surface area contributed by atoms with Gasteiger partial charge >= 0.3 is 0 Å². The molecule has 1 amide bonds. The number of carbonyl (C=O) groups excluding carboxylic acids is 1. The number of likely N-dealkylation sites (N-methyl/N-ethyl adjacent to an activating group) is 1. The summed E-state index contributed by atoms with van der Waals surface area (Å²) < 4.78 is 26.3. The molecule has 0 saturated heterocycles. The van der Waals surface area contributed by atoms with E-state index in [1.807, 2.05) is 0 Å². The first-order chi connectivity index (χ1) is 8.82. The molecular formula is C14H18F2N2O. The number of nitrogens with two attached hydrogens (primary N) is 1. The van der Waals surface area contributed by atoms with Gasteiger partial charge in [-0.1, -0.05) is 6.07 Å². The topological polar surface area (TPSA) is 46.3 Å². The molecule has 0 spiro atoms. The molecule has 3 nitrogen and oxygen atoms in total. The van der Waals surface area contributed by atoms with Crippen LogP contribution in [0.15, 0.2) is 18.2 Å². The van der Waals surface area contributed by atoms with Crippen LogP contribution in [0, 0.1) is 17.6 Å². The van der Waals surface area contributed by atoms with E-state index in [1.165, 1.54) is 17.0 Å². The number of hydrogen-bond donors (Lipinski definition) is 1. The number of carbonyl (C=O) groups is 1. The monoisotopic (exact) mass is 268 g/mol. The lowest BCUT2D eigenvalue weighted by molar-refractivity contribution is -0.136. The van der Waals surface area contributed by atoms with Gasteiger partial charge in [0.1, 0.15) is 11.6 Å². The Morgan fingerprint density at radius 2 is 2.11 bits per heavy atom. The van der Waals surface area contributed by atoms with Gasteiger partial charge < -0.3 is 10.6 Å². The predicted molar refractivity (Wildman–Crippen MR) is 68.1 cm³/mol. The maximum atomic E-state index is 13.5. The number of halogens is 2. The van der Waals surface area contributed by atoms with Gasteiger partial charge in [-0.2, -0.15) is 0 Å². The van der Waals surface area contributed by atoms with Crippen LogP contribution in [0.2, 0.25) is 0 Å². The molecule has 0 bridgehead atoms. The minimum Gasteiger partial charge on any atom is -0.340 e. The molecule has 0 radical (unpaired) electrons. The SMILES string of the molecule is CN(Cc1ccc(F)cc1F)C(=O)C(C)(N)C1CC1. The first-order valence-electron chi connectivity index (χ1n) is 6.30. The molecule has 2 N–H and O–H groups in total. The lowest BCUT2D eigenvalue weighted by Gasteiger charge is -2.29. The second-order valence-electron chi connectivity index (χ2n) is 5.45. The highest BCUT2D eigenvalue weighted by atomic mass is 19.1. The Kier molecular flexibility index (Phi) is 3.58. The van der Waals surface area contributed by atoms with Gasteiger partial charge in [-0.25, -0.2) is 8.78 Å². The van der Waals surface area contributed by atoms with Gasteiger partial charge in [-0.05, 0) is 31.7 Å². The summed E-state index contributed by atoms with van der Waals surface area (Å²) in [6, 6.07) is 3.34. The highest BCUT2D eigenvalue weighted by Crippen LogP contribution is 2.39. The summed E-state index contributed by atoms with van der Waals surface area (Å²) >= 11 is 0. The van der Waals surface area contributed by atoms with Crippen LogP contribution >= 0.6 is 0 Å². The third-order valence-electron chi connectivity index (χ3n) is 3.66. The number of rotatable bonds is 4. The van der Waals surface area contributed by atoms with E-state index in [9.17, 15) is 13.6 Å². The average Bonchev–Trinajstić information content (AvgIpc) is 3.15. The molecule has 0 aromatic heterocycles. The molecule has 1 aliphatic carbocycles. The Labute approximate surface area is 111 Å². The second kappa shape index (κ2) is 4.89. The van der Waals surface area contributed by atoms with Crippen molar-refractivity contribution in [1.82, 2.24) is 4.90 Å². The Balaban J connectivity index is 2.08. The molecule has 5 heteroatoms. The molecule has 0 heterocycles. The molecule has 1 aromatic rings. The van der Waals surface area contributed by atoms with Crippen LogP contribution in [0.5, 0.6) is 0 Å². The fraction of sp³-hybridized carbons (Fsp3) is 0.500. The van der Waals surface area contributed by atoms with Crippen molar-refractivity contribution in [1.29, 1.82) is 0 Å². The van der Waals surface area contributed by atoms with Crippen molar-refractivity contribution in [3.8, 4) is 0 Å². The fourth-order valence-corrected chi connectivity index (χ4v) is 2.25. The Morgan fingerprint density at radius 3 is 2.63 bits per heavy atom. The molecule has 1 aliphatic rings. The van der Waals surface area contributed by atoms with E-state index in [-0.39, 0.29) is 23.9 Å². The maximum absolute atomic E-state index is 13.5. The predicted octanol–water partition coefficient (Wildman–Crippen LogP) is 2.05. The fourth-order valence-electron chi connectivity index (χ4n) is 2.25. The molecule has 19 heavy (non-hydrogen) atoms. The average molecular weight is 268 g/mol. The zero-order chi connectivity index (χ0) is 14.2. The molecular weight excluding hydrogens is 250 g/mol. The summed E-state index contributed by atoms with van der Waals surface area (Å²) in [6.07, 6.45) is 1.91. The van der Waals surface area contributed by atoms with Gasteiger partial charge in [-0.3, -0.25) is 4.79 Å². The second-order valence-corrected chi connectivity index (χ2v) is 5.45. The lowest BCUT2D eigenvalue weighted by Crippen LogP contribution is -2.53. The largest absolute Gasteiger partial charge is 0.340 e. The van der Waals surface area contributed by atoms with Crippen LogP contribution in [0.3, 0.4) is 0 Å². The van der Waals surface area contributed by atoms with Crippen molar-refractivity contribution in [2.45, 2.75) is 31.8 Å². The first-order valence-corrected chi connectivity index (χ1v) is 6.30. The Bertz CT molecular complexity index is 498. The summed E-state index contributed by atoms with van der Waals surface area (Å²) in [4.78, 5) is 13.6. The van der Waals surface area contributed by atoms with Crippen LogP contribution in [-0.4, -0.2) is 23.4 Å². The Hall–Kier alpha value is -1.49. The van der Waals surface area contributed by atoms with Gasteiger partial charge in [0, 0.05) is 25.2 Å². The highest BCUT2D eigenvalue weighted by Gasteiger charge is 2.45. The quantitative estimate of drug-likeness (QED) is 0.908. The molecule has 1 saturated carbocycles. The Morgan fingerprint density at radius 1 is 1.47 bits per heavy atom. The minimum absolute atomic E-state index is 0.0878. The van der Waals surface area contributed by atoms with Crippen molar-refractivity contribution < 1.29 is 13.6 Å². The summed E-state index contributed by atoms with van der Waals surface area (Å²) in [6.45, 7) is 1.80. The van der Waals surface area contributed by atoms with Crippen LogP contribution in [0.4, 0.5) is 8.78 Å². The van der Waals surface area contributed by atoms with Gasteiger partial charge in [0.25, 0.3) is 0 Å². The summed E-state index contributed by atoms with van der Waals surface area (Å²) in [5.74, 6) is -1.28. The van der Waals surface area contributed by atoms with E-state index in [2.05, 4.69) is 0 Å². The first kappa shape index (κ1) is 13.9. The number of hydrogen-bond acceptors (Lipinski definition) is 2. The molecule has 104 valence electrons. The lowest BCUT2D eigenvalue weighted by atomic mass is 9.95. The molecule has 0 aliphatic heterocycles. The molecule has 1 aromatic carbocycles. The summed E-state index contributed by atoms with van der Waals surface area (Å²) in [5.41, 5.74) is 5.42. The van der Waals surface area contributed by atoms with Gasteiger partial charge in [0.15, 0.2) is 0 Å². The zero-order valence-electron chi connectivity index (χ0n) is 11.1. The summed E-state index contributed by atoms with van der Waals surface area (Å²) in [5, 5.41) is 0. The molecule has 1 unspecified atom stereocenters. The number of amides is 1. The van der Waals surface area contributed by atoms with Crippen molar-refractivity contribution in [3.05, 3.63) is 35.4 Å².